The Bertz CT molecular complexity index is 143. The van der Waals surface area contributed by atoms with Gasteiger partial charge in [0, 0.05) is 11.8 Å². The molecule has 5 heteroatoms. The standard InChI is InChI=1S/C8H16O5/c9-6-2-4(7(10)11)1-5(3-6)8(12)13/h4-13H,1-3H2. The monoisotopic (exact) mass is 192 g/mol. The van der Waals surface area contributed by atoms with Gasteiger partial charge in [0.1, 0.15) is 0 Å². The summed E-state index contributed by atoms with van der Waals surface area (Å²) in [5, 5.41) is 44.8. The minimum atomic E-state index is -1.49. The van der Waals surface area contributed by atoms with Gasteiger partial charge in [-0.25, -0.2) is 0 Å². The highest BCUT2D eigenvalue weighted by Crippen LogP contribution is 2.32. The Morgan fingerprint density at radius 2 is 1.15 bits per heavy atom. The molecule has 0 radical (unpaired) electrons. The van der Waals surface area contributed by atoms with Crippen LogP contribution in [0.15, 0.2) is 0 Å². The Morgan fingerprint density at radius 3 is 1.46 bits per heavy atom. The molecule has 0 aromatic rings. The molecule has 0 spiro atoms. The molecule has 78 valence electrons. The van der Waals surface area contributed by atoms with Crippen molar-refractivity contribution in [1.82, 2.24) is 0 Å². The van der Waals surface area contributed by atoms with Crippen LogP contribution in [-0.4, -0.2) is 44.2 Å². The topological polar surface area (TPSA) is 101 Å². The molecular formula is C8H16O5. The van der Waals surface area contributed by atoms with E-state index in [9.17, 15) is 5.11 Å². The van der Waals surface area contributed by atoms with Crippen LogP contribution in [0, 0.1) is 11.8 Å². The van der Waals surface area contributed by atoms with Crippen LogP contribution in [0.5, 0.6) is 0 Å². The van der Waals surface area contributed by atoms with Crippen LogP contribution >= 0.6 is 0 Å². The van der Waals surface area contributed by atoms with E-state index in [1.807, 2.05) is 0 Å². The van der Waals surface area contributed by atoms with Gasteiger partial charge in [0.15, 0.2) is 12.6 Å². The van der Waals surface area contributed by atoms with Crippen molar-refractivity contribution in [3.8, 4) is 0 Å². The lowest BCUT2D eigenvalue weighted by Crippen LogP contribution is -2.37. The van der Waals surface area contributed by atoms with Crippen molar-refractivity contribution in [2.75, 3.05) is 0 Å². The number of hydrogen-bond donors (Lipinski definition) is 5. The molecule has 2 atom stereocenters. The van der Waals surface area contributed by atoms with E-state index in [1.165, 1.54) is 0 Å². The van der Waals surface area contributed by atoms with E-state index in [-0.39, 0.29) is 0 Å². The molecule has 0 aliphatic heterocycles. The van der Waals surface area contributed by atoms with Gasteiger partial charge in [-0.2, -0.15) is 0 Å². The van der Waals surface area contributed by atoms with Gasteiger partial charge < -0.3 is 25.5 Å². The Hall–Kier alpha value is -0.200. The maximum atomic E-state index is 9.30. The highest BCUT2D eigenvalue weighted by atomic mass is 16.5. The molecule has 1 aliphatic rings. The second-order valence-electron chi connectivity index (χ2n) is 3.71. The zero-order valence-electron chi connectivity index (χ0n) is 7.24. The summed E-state index contributed by atoms with van der Waals surface area (Å²) < 4.78 is 0. The number of rotatable bonds is 2. The second-order valence-corrected chi connectivity index (χ2v) is 3.71. The molecule has 5 N–H and O–H groups in total. The van der Waals surface area contributed by atoms with Gasteiger partial charge in [0.2, 0.25) is 0 Å². The first-order valence-corrected chi connectivity index (χ1v) is 4.41. The third-order valence-electron chi connectivity index (χ3n) is 2.60. The highest BCUT2D eigenvalue weighted by Gasteiger charge is 2.33. The van der Waals surface area contributed by atoms with Crippen molar-refractivity contribution in [3.63, 3.8) is 0 Å². The van der Waals surface area contributed by atoms with Gasteiger partial charge in [-0.15, -0.1) is 0 Å². The van der Waals surface area contributed by atoms with E-state index >= 15 is 0 Å². The largest absolute Gasteiger partial charge is 0.393 e. The minimum Gasteiger partial charge on any atom is -0.393 e. The van der Waals surface area contributed by atoms with Crippen LogP contribution in [0.3, 0.4) is 0 Å². The average Bonchev–Trinajstić information content (AvgIpc) is 2.03. The Kier molecular flexibility index (Phi) is 3.63. The normalized spacial score (nSPS) is 35.8. The quantitative estimate of drug-likeness (QED) is 0.339. The second kappa shape index (κ2) is 4.34. The highest BCUT2D eigenvalue weighted by molar-refractivity contribution is 4.80. The van der Waals surface area contributed by atoms with Crippen molar-refractivity contribution in [1.29, 1.82) is 0 Å². The van der Waals surface area contributed by atoms with E-state index in [2.05, 4.69) is 0 Å². The molecular weight excluding hydrogens is 176 g/mol. The van der Waals surface area contributed by atoms with Crippen molar-refractivity contribution in [2.24, 2.45) is 11.8 Å². The fourth-order valence-electron chi connectivity index (χ4n) is 1.86. The number of hydrogen-bond acceptors (Lipinski definition) is 5. The first-order chi connectivity index (χ1) is 6.00. The van der Waals surface area contributed by atoms with Gasteiger partial charge >= 0.3 is 0 Å². The summed E-state index contributed by atoms with van der Waals surface area (Å²) in [7, 11) is 0. The zero-order chi connectivity index (χ0) is 10.0. The molecule has 1 saturated carbocycles. The lowest BCUT2D eigenvalue weighted by atomic mass is 9.79. The smallest absolute Gasteiger partial charge is 0.154 e. The average molecular weight is 192 g/mol. The van der Waals surface area contributed by atoms with Gasteiger partial charge in [-0.05, 0) is 19.3 Å². The molecule has 0 heterocycles. The van der Waals surface area contributed by atoms with E-state index in [1.54, 1.807) is 0 Å². The third-order valence-corrected chi connectivity index (χ3v) is 2.60. The maximum Gasteiger partial charge on any atom is 0.154 e. The maximum absolute atomic E-state index is 9.30. The molecule has 0 saturated heterocycles. The van der Waals surface area contributed by atoms with Crippen molar-refractivity contribution in [2.45, 2.75) is 37.9 Å². The van der Waals surface area contributed by atoms with Crippen LogP contribution in [0.2, 0.25) is 0 Å². The molecule has 0 amide bonds. The van der Waals surface area contributed by atoms with Crippen LogP contribution in [0.25, 0.3) is 0 Å². The van der Waals surface area contributed by atoms with Crippen LogP contribution < -0.4 is 0 Å². The van der Waals surface area contributed by atoms with Gasteiger partial charge in [0.05, 0.1) is 6.10 Å². The summed E-state index contributed by atoms with van der Waals surface area (Å²) in [4.78, 5) is 0. The number of aliphatic hydroxyl groups excluding tert-OH is 3. The first kappa shape index (κ1) is 10.9. The number of aliphatic hydroxyl groups is 5. The summed E-state index contributed by atoms with van der Waals surface area (Å²) in [6, 6.07) is 0. The van der Waals surface area contributed by atoms with Crippen molar-refractivity contribution in [3.05, 3.63) is 0 Å². The summed E-state index contributed by atoms with van der Waals surface area (Å²) in [6.07, 6.45) is -2.71. The van der Waals surface area contributed by atoms with Gasteiger partial charge in [-0.3, -0.25) is 0 Å². The lowest BCUT2D eigenvalue weighted by molar-refractivity contribution is -0.151. The molecule has 1 fully saturated rings. The van der Waals surface area contributed by atoms with Gasteiger partial charge in [0.25, 0.3) is 0 Å². The molecule has 2 unspecified atom stereocenters. The van der Waals surface area contributed by atoms with Crippen molar-refractivity contribution >= 4 is 0 Å². The summed E-state index contributed by atoms with van der Waals surface area (Å²) in [5.74, 6) is -0.925. The third kappa shape index (κ3) is 2.89. The lowest BCUT2D eigenvalue weighted by Gasteiger charge is -2.33. The van der Waals surface area contributed by atoms with Crippen molar-refractivity contribution < 1.29 is 25.5 Å². The van der Waals surface area contributed by atoms with Crippen LogP contribution in [-0.2, 0) is 0 Å². The first-order valence-electron chi connectivity index (χ1n) is 4.41. The van der Waals surface area contributed by atoms with E-state index < -0.39 is 30.5 Å². The predicted molar refractivity (Wildman–Crippen MR) is 43.3 cm³/mol. The molecule has 0 aromatic carbocycles. The Morgan fingerprint density at radius 1 is 0.769 bits per heavy atom. The van der Waals surface area contributed by atoms with E-state index in [4.69, 9.17) is 20.4 Å². The fourth-order valence-corrected chi connectivity index (χ4v) is 1.86. The SMILES string of the molecule is OC1CC(C(O)O)CC(C(O)O)C1. The van der Waals surface area contributed by atoms with Crippen LogP contribution in [0.1, 0.15) is 19.3 Å². The van der Waals surface area contributed by atoms with Crippen LogP contribution in [0.4, 0.5) is 0 Å². The summed E-state index contributed by atoms with van der Waals surface area (Å²) in [5.41, 5.74) is 0. The molecule has 1 rings (SSSR count). The Balaban J connectivity index is 2.52. The molecule has 0 bridgehead atoms. The van der Waals surface area contributed by atoms with Gasteiger partial charge in [-0.1, -0.05) is 0 Å². The molecule has 0 aromatic heterocycles. The Labute approximate surface area is 76.3 Å². The zero-order valence-corrected chi connectivity index (χ0v) is 7.24. The minimum absolute atomic E-state index is 0.306. The molecule has 13 heavy (non-hydrogen) atoms. The summed E-state index contributed by atoms with van der Waals surface area (Å²) >= 11 is 0. The summed E-state index contributed by atoms with van der Waals surface area (Å²) in [6.45, 7) is 0. The molecule has 5 nitrogen and oxygen atoms in total. The fraction of sp³-hybridized carbons (Fsp3) is 1.00. The predicted octanol–water partition coefficient (Wildman–Crippen LogP) is -1.61. The molecule has 1 aliphatic carbocycles. The van der Waals surface area contributed by atoms with E-state index in [0.29, 0.717) is 19.3 Å². The van der Waals surface area contributed by atoms with E-state index in [0.717, 1.165) is 0 Å².